The van der Waals surface area contributed by atoms with Crippen LogP contribution in [0.2, 0.25) is 0 Å². The highest BCUT2D eigenvalue weighted by molar-refractivity contribution is 5.79. The highest BCUT2D eigenvalue weighted by atomic mass is 16.5. The van der Waals surface area contributed by atoms with Crippen molar-refractivity contribution in [1.82, 2.24) is 25.5 Å². The van der Waals surface area contributed by atoms with Crippen LogP contribution in [0.1, 0.15) is 5.56 Å². The molecule has 0 saturated heterocycles. The molecule has 29 heavy (non-hydrogen) atoms. The van der Waals surface area contributed by atoms with Crippen molar-refractivity contribution in [2.45, 2.75) is 6.54 Å². The van der Waals surface area contributed by atoms with Gasteiger partial charge in [0.15, 0.2) is 17.5 Å². The van der Waals surface area contributed by atoms with Crippen molar-refractivity contribution >= 4 is 34.0 Å². The minimum atomic E-state index is 0.556. The third kappa shape index (κ3) is 3.46. The zero-order valence-corrected chi connectivity index (χ0v) is 15.6. The van der Waals surface area contributed by atoms with Gasteiger partial charge in [-0.05, 0) is 29.8 Å². The lowest BCUT2D eigenvalue weighted by molar-refractivity contribution is 0.398. The fourth-order valence-electron chi connectivity index (χ4n) is 3.13. The van der Waals surface area contributed by atoms with Crippen LogP contribution in [0, 0.1) is 0 Å². The summed E-state index contributed by atoms with van der Waals surface area (Å²) in [6.07, 6.45) is 5.15. The van der Waals surface area contributed by atoms with Gasteiger partial charge >= 0.3 is 0 Å². The predicted octanol–water partition coefficient (Wildman–Crippen LogP) is 3.02. The molecule has 1 aliphatic heterocycles. The highest BCUT2D eigenvalue weighted by Gasteiger charge is 2.22. The molecule has 144 valence electrons. The quantitative estimate of drug-likeness (QED) is 0.478. The van der Waals surface area contributed by atoms with Gasteiger partial charge in [-0.3, -0.25) is 15.4 Å². The molecule has 0 atom stereocenters. The number of anilines is 4. The van der Waals surface area contributed by atoms with Crippen molar-refractivity contribution in [1.29, 1.82) is 0 Å². The molecule has 3 aromatic heterocycles. The van der Waals surface area contributed by atoms with E-state index in [0.717, 1.165) is 22.2 Å². The molecule has 4 aromatic rings. The molecule has 1 aliphatic rings. The first kappa shape index (κ1) is 17.1. The highest BCUT2D eigenvalue weighted by Crippen LogP contribution is 2.28. The van der Waals surface area contributed by atoms with E-state index in [-0.39, 0.29) is 0 Å². The molecule has 0 amide bonds. The largest absolute Gasteiger partial charge is 0.481 e. The summed E-state index contributed by atoms with van der Waals surface area (Å²) in [5, 5.41) is 6.23. The van der Waals surface area contributed by atoms with E-state index >= 15 is 0 Å². The Morgan fingerprint density at radius 3 is 2.90 bits per heavy atom. The first-order valence-electron chi connectivity index (χ1n) is 9.05. The number of hydrogen-bond acceptors (Lipinski definition) is 9. The Kier molecular flexibility index (Phi) is 4.26. The summed E-state index contributed by atoms with van der Waals surface area (Å²) >= 11 is 0. The van der Waals surface area contributed by atoms with Gasteiger partial charge < -0.3 is 10.1 Å². The Balaban J connectivity index is 1.37. The van der Waals surface area contributed by atoms with E-state index in [4.69, 9.17) is 4.74 Å². The number of pyridine rings is 2. The van der Waals surface area contributed by atoms with Crippen LogP contribution in [-0.2, 0) is 6.54 Å². The maximum atomic E-state index is 5.08. The van der Waals surface area contributed by atoms with Gasteiger partial charge in [-0.15, -0.1) is 5.53 Å². The fourth-order valence-corrected chi connectivity index (χ4v) is 3.13. The number of nitrogens with zero attached hydrogens (tertiary/aromatic N) is 5. The van der Waals surface area contributed by atoms with E-state index < -0.39 is 0 Å². The molecule has 4 heterocycles. The summed E-state index contributed by atoms with van der Waals surface area (Å²) in [7, 11) is 1.59. The summed E-state index contributed by atoms with van der Waals surface area (Å²) < 4.78 is 5.08. The normalized spacial score (nSPS) is 12.5. The smallest absolute Gasteiger partial charge is 0.213 e. The van der Waals surface area contributed by atoms with E-state index in [1.807, 2.05) is 23.2 Å². The SMILES string of the molecule is COc1ccc(Nc2cnc3c(n2)N(Cc2ccc4ncccc4c2)NN3)cn1. The second kappa shape index (κ2) is 7.21. The van der Waals surface area contributed by atoms with Crippen LogP contribution in [0.4, 0.5) is 23.1 Å². The van der Waals surface area contributed by atoms with Gasteiger partial charge in [0, 0.05) is 17.6 Å². The van der Waals surface area contributed by atoms with Crippen molar-refractivity contribution in [2.75, 3.05) is 22.9 Å². The Morgan fingerprint density at radius 2 is 2.03 bits per heavy atom. The van der Waals surface area contributed by atoms with Crippen LogP contribution in [-0.4, -0.2) is 27.0 Å². The zero-order valence-electron chi connectivity index (χ0n) is 15.6. The minimum absolute atomic E-state index is 0.556. The lowest BCUT2D eigenvalue weighted by atomic mass is 10.1. The lowest BCUT2D eigenvalue weighted by Gasteiger charge is -2.17. The van der Waals surface area contributed by atoms with Gasteiger partial charge in [0.1, 0.15) is 0 Å². The van der Waals surface area contributed by atoms with Gasteiger partial charge in [0.05, 0.1) is 37.3 Å². The van der Waals surface area contributed by atoms with Crippen LogP contribution in [0.5, 0.6) is 5.88 Å². The Morgan fingerprint density at radius 1 is 1.07 bits per heavy atom. The predicted molar refractivity (Wildman–Crippen MR) is 111 cm³/mol. The topological polar surface area (TPSA) is 100 Å². The van der Waals surface area contributed by atoms with E-state index in [1.54, 1.807) is 31.8 Å². The van der Waals surface area contributed by atoms with Crippen LogP contribution < -0.4 is 26.0 Å². The molecular weight excluding hydrogens is 368 g/mol. The Hall–Kier alpha value is -3.98. The second-order valence-corrected chi connectivity index (χ2v) is 6.50. The molecule has 5 rings (SSSR count). The summed E-state index contributed by atoms with van der Waals surface area (Å²) in [5.74, 6) is 2.56. The molecule has 0 fully saturated rings. The van der Waals surface area contributed by atoms with Crippen molar-refractivity contribution < 1.29 is 4.74 Å². The van der Waals surface area contributed by atoms with Gasteiger partial charge in [0.2, 0.25) is 5.88 Å². The minimum Gasteiger partial charge on any atom is -0.481 e. The number of nitrogens with one attached hydrogen (secondary N) is 3. The van der Waals surface area contributed by atoms with Crippen molar-refractivity contribution in [3.05, 3.63) is 66.6 Å². The van der Waals surface area contributed by atoms with E-state index in [2.05, 4.69) is 54.4 Å². The van der Waals surface area contributed by atoms with Gasteiger partial charge in [-0.1, -0.05) is 12.1 Å². The number of hydrogen-bond donors (Lipinski definition) is 3. The number of hydrazine groups is 2. The number of aromatic nitrogens is 4. The van der Waals surface area contributed by atoms with Crippen LogP contribution in [0.15, 0.2) is 61.1 Å². The van der Waals surface area contributed by atoms with Crippen LogP contribution in [0.3, 0.4) is 0 Å². The molecule has 0 spiro atoms. The summed E-state index contributed by atoms with van der Waals surface area (Å²) in [6, 6.07) is 13.9. The first-order valence-corrected chi connectivity index (χ1v) is 9.05. The van der Waals surface area contributed by atoms with Crippen LogP contribution in [0.25, 0.3) is 10.9 Å². The van der Waals surface area contributed by atoms with E-state index in [1.165, 1.54) is 0 Å². The Labute approximate surface area is 166 Å². The molecule has 0 saturated carbocycles. The number of benzene rings is 1. The molecule has 0 unspecified atom stereocenters. The standard InChI is InChI=1S/C20H18N8O/c1-29-18-7-5-15(10-22-18)24-17-11-23-19-20(25-17)28(27-26-19)12-13-4-6-16-14(9-13)3-2-8-21-16/h2-11,27H,12H2,1H3,(H,23,26)(H,24,25). The second-order valence-electron chi connectivity index (χ2n) is 6.50. The Bertz CT molecular complexity index is 1160. The average Bonchev–Trinajstić information content (AvgIpc) is 3.16. The molecule has 0 aliphatic carbocycles. The first-order chi connectivity index (χ1) is 14.3. The number of rotatable bonds is 5. The van der Waals surface area contributed by atoms with E-state index in [0.29, 0.717) is 29.9 Å². The maximum Gasteiger partial charge on any atom is 0.213 e. The molecular formula is C20H18N8O. The fraction of sp³-hybridized carbons (Fsp3) is 0.100. The summed E-state index contributed by atoms with van der Waals surface area (Å²) in [5.41, 5.74) is 9.06. The number of ether oxygens (including phenoxy) is 1. The lowest BCUT2D eigenvalue weighted by Crippen LogP contribution is -2.35. The molecule has 9 heteroatoms. The maximum absolute atomic E-state index is 5.08. The van der Waals surface area contributed by atoms with Gasteiger partial charge in [-0.25, -0.2) is 15.0 Å². The summed E-state index contributed by atoms with van der Waals surface area (Å²) in [4.78, 5) is 17.7. The molecule has 0 bridgehead atoms. The van der Waals surface area contributed by atoms with Crippen molar-refractivity contribution in [3.8, 4) is 5.88 Å². The summed E-state index contributed by atoms with van der Waals surface area (Å²) in [6.45, 7) is 0.618. The average molecular weight is 386 g/mol. The molecule has 1 aromatic carbocycles. The third-order valence-electron chi connectivity index (χ3n) is 4.55. The third-order valence-corrected chi connectivity index (χ3v) is 4.55. The monoisotopic (exact) mass is 386 g/mol. The zero-order chi connectivity index (χ0) is 19.6. The van der Waals surface area contributed by atoms with E-state index in [9.17, 15) is 0 Å². The molecule has 9 nitrogen and oxygen atoms in total. The van der Waals surface area contributed by atoms with Crippen LogP contribution >= 0.6 is 0 Å². The van der Waals surface area contributed by atoms with Gasteiger partial charge in [-0.2, -0.15) is 0 Å². The molecule has 3 N–H and O–H groups in total. The van der Waals surface area contributed by atoms with Crippen molar-refractivity contribution in [3.63, 3.8) is 0 Å². The number of fused-ring (bicyclic) bond motifs is 2. The molecule has 0 radical (unpaired) electrons. The van der Waals surface area contributed by atoms with Crippen molar-refractivity contribution in [2.24, 2.45) is 0 Å². The number of methoxy groups -OCH3 is 1. The van der Waals surface area contributed by atoms with Gasteiger partial charge in [0.25, 0.3) is 0 Å².